The van der Waals surface area contributed by atoms with E-state index in [9.17, 15) is 0 Å². The van der Waals surface area contributed by atoms with Crippen LogP contribution in [-0.4, -0.2) is 37.6 Å². The zero-order chi connectivity index (χ0) is 15.5. The van der Waals surface area contributed by atoms with Crippen molar-refractivity contribution in [3.8, 4) is 0 Å². The van der Waals surface area contributed by atoms with Crippen LogP contribution in [0.5, 0.6) is 0 Å². The van der Waals surface area contributed by atoms with Gasteiger partial charge in [0.05, 0.1) is 0 Å². The molecule has 0 amide bonds. The second kappa shape index (κ2) is 11.5. The van der Waals surface area contributed by atoms with Gasteiger partial charge in [0.25, 0.3) is 0 Å². The van der Waals surface area contributed by atoms with Crippen molar-refractivity contribution in [3.63, 3.8) is 0 Å². The normalized spacial score (nSPS) is 23.1. The highest BCUT2D eigenvalue weighted by Gasteiger charge is 2.24. The lowest BCUT2D eigenvalue weighted by atomic mass is 9.88. The van der Waals surface area contributed by atoms with Crippen molar-refractivity contribution < 1.29 is 0 Å². The Balaban J connectivity index is 2.52. The van der Waals surface area contributed by atoms with Gasteiger partial charge in [-0.3, -0.25) is 0 Å². The van der Waals surface area contributed by atoms with Crippen molar-refractivity contribution >= 4 is 0 Å². The Morgan fingerprint density at radius 1 is 1.10 bits per heavy atom. The van der Waals surface area contributed by atoms with Crippen LogP contribution in [-0.2, 0) is 0 Å². The molecule has 3 unspecified atom stereocenters. The lowest BCUT2D eigenvalue weighted by molar-refractivity contribution is 0.137. The third-order valence-corrected chi connectivity index (χ3v) is 5.22. The second-order valence-corrected chi connectivity index (χ2v) is 7.30. The molecule has 0 saturated carbocycles. The first-order chi connectivity index (χ1) is 10.2. The Morgan fingerprint density at radius 2 is 1.86 bits per heavy atom. The molecule has 0 radical (unpaired) electrons. The maximum atomic E-state index is 3.64. The summed E-state index contributed by atoms with van der Waals surface area (Å²) in [4.78, 5) is 2.75. The molecular weight excluding hydrogens is 256 g/mol. The number of hydrogen-bond donors (Lipinski definition) is 1. The first-order valence-corrected chi connectivity index (χ1v) is 9.60. The van der Waals surface area contributed by atoms with Gasteiger partial charge in [-0.25, -0.2) is 0 Å². The average molecular weight is 297 g/mol. The van der Waals surface area contributed by atoms with E-state index in [-0.39, 0.29) is 0 Å². The fourth-order valence-corrected chi connectivity index (χ4v) is 3.90. The topological polar surface area (TPSA) is 15.3 Å². The predicted octanol–water partition coefficient (Wildman–Crippen LogP) is 4.69. The first-order valence-electron chi connectivity index (χ1n) is 9.60. The molecular formula is C19H40N2. The van der Waals surface area contributed by atoms with Gasteiger partial charge in [0.1, 0.15) is 0 Å². The molecule has 1 fully saturated rings. The van der Waals surface area contributed by atoms with Crippen LogP contribution in [0.2, 0.25) is 0 Å². The van der Waals surface area contributed by atoms with Crippen LogP contribution < -0.4 is 5.32 Å². The largest absolute Gasteiger partial charge is 0.317 e. The zero-order valence-corrected chi connectivity index (χ0v) is 15.2. The molecule has 2 nitrogen and oxygen atoms in total. The highest BCUT2D eigenvalue weighted by Crippen LogP contribution is 2.23. The average Bonchev–Trinajstić information content (AvgIpc) is 2.48. The smallest absolute Gasteiger partial charge is 0.0104 e. The number of rotatable bonds is 11. The van der Waals surface area contributed by atoms with E-state index < -0.39 is 0 Å². The maximum absolute atomic E-state index is 3.64. The molecule has 0 aromatic carbocycles. The van der Waals surface area contributed by atoms with Crippen LogP contribution in [0.4, 0.5) is 0 Å². The molecule has 0 bridgehead atoms. The molecule has 126 valence electrons. The highest BCUT2D eigenvalue weighted by molar-refractivity contribution is 4.80. The molecule has 2 heteroatoms. The molecule has 1 aliphatic heterocycles. The summed E-state index contributed by atoms with van der Waals surface area (Å²) in [5.74, 6) is 1.75. The number of likely N-dealkylation sites (tertiary alicyclic amines) is 1. The van der Waals surface area contributed by atoms with E-state index in [4.69, 9.17) is 0 Å². The van der Waals surface area contributed by atoms with E-state index >= 15 is 0 Å². The summed E-state index contributed by atoms with van der Waals surface area (Å²) in [6.45, 7) is 11.0. The first kappa shape index (κ1) is 19.0. The van der Waals surface area contributed by atoms with Crippen LogP contribution in [0.1, 0.15) is 78.6 Å². The lowest BCUT2D eigenvalue weighted by Gasteiger charge is -2.36. The fraction of sp³-hybridized carbons (Fsp3) is 1.00. The van der Waals surface area contributed by atoms with Crippen molar-refractivity contribution in [2.45, 2.75) is 84.6 Å². The van der Waals surface area contributed by atoms with Crippen LogP contribution in [0.25, 0.3) is 0 Å². The molecule has 1 heterocycles. The summed E-state index contributed by atoms with van der Waals surface area (Å²) in [5.41, 5.74) is 0. The van der Waals surface area contributed by atoms with Gasteiger partial charge in [-0.1, -0.05) is 52.9 Å². The summed E-state index contributed by atoms with van der Waals surface area (Å²) in [6, 6.07) is 0.721. The minimum Gasteiger partial charge on any atom is -0.317 e. The summed E-state index contributed by atoms with van der Waals surface area (Å²) in [6.07, 6.45) is 12.4. The highest BCUT2D eigenvalue weighted by atomic mass is 15.1. The Labute approximate surface area is 134 Å². The summed E-state index contributed by atoms with van der Waals surface area (Å²) in [7, 11) is 2.17. The lowest BCUT2D eigenvalue weighted by Crippen LogP contribution is -2.44. The fourth-order valence-electron chi connectivity index (χ4n) is 3.90. The molecule has 0 aromatic heterocycles. The summed E-state index contributed by atoms with van der Waals surface area (Å²) in [5, 5.41) is 3.64. The van der Waals surface area contributed by atoms with Gasteiger partial charge in [0.2, 0.25) is 0 Å². The minimum atomic E-state index is 0.721. The van der Waals surface area contributed by atoms with E-state index in [0.717, 1.165) is 17.9 Å². The molecule has 0 spiro atoms. The van der Waals surface area contributed by atoms with Gasteiger partial charge >= 0.3 is 0 Å². The predicted molar refractivity (Wildman–Crippen MR) is 94.8 cm³/mol. The van der Waals surface area contributed by atoms with E-state index in [0.29, 0.717) is 0 Å². The quantitative estimate of drug-likeness (QED) is 0.556. The number of hydrogen-bond acceptors (Lipinski definition) is 2. The van der Waals surface area contributed by atoms with Gasteiger partial charge in [-0.05, 0) is 51.1 Å². The van der Waals surface area contributed by atoms with E-state index in [1.165, 1.54) is 77.4 Å². The Bertz CT molecular complexity index is 242. The van der Waals surface area contributed by atoms with Crippen molar-refractivity contribution in [3.05, 3.63) is 0 Å². The van der Waals surface area contributed by atoms with Crippen LogP contribution in [0.3, 0.4) is 0 Å². The number of nitrogens with zero attached hydrogens (tertiary/aromatic N) is 1. The third kappa shape index (κ3) is 7.65. The Hall–Kier alpha value is -0.0800. The minimum absolute atomic E-state index is 0.721. The van der Waals surface area contributed by atoms with Gasteiger partial charge in [-0.15, -0.1) is 0 Å². The van der Waals surface area contributed by atoms with Crippen molar-refractivity contribution in [2.75, 3.05) is 26.7 Å². The Morgan fingerprint density at radius 3 is 2.48 bits per heavy atom. The second-order valence-electron chi connectivity index (χ2n) is 7.30. The van der Waals surface area contributed by atoms with Crippen molar-refractivity contribution in [1.29, 1.82) is 0 Å². The van der Waals surface area contributed by atoms with Crippen molar-refractivity contribution in [2.24, 2.45) is 11.8 Å². The molecule has 1 N–H and O–H groups in total. The van der Waals surface area contributed by atoms with Gasteiger partial charge in [0.15, 0.2) is 0 Å². The van der Waals surface area contributed by atoms with Crippen LogP contribution in [0.15, 0.2) is 0 Å². The third-order valence-electron chi connectivity index (χ3n) is 5.22. The standard InChI is InChI=1S/C19H40N2/c1-5-7-9-12-18(19(20-4)13-8-6-2)16-21-14-10-11-17(3)15-21/h17-20H,5-16H2,1-4H3. The van der Waals surface area contributed by atoms with E-state index in [2.05, 4.69) is 38.0 Å². The van der Waals surface area contributed by atoms with Crippen molar-refractivity contribution in [1.82, 2.24) is 10.2 Å². The Kier molecular flexibility index (Phi) is 10.4. The molecule has 21 heavy (non-hydrogen) atoms. The molecule has 0 aromatic rings. The number of unbranched alkanes of at least 4 members (excludes halogenated alkanes) is 3. The SMILES string of the molecule is CCCCCC(CN1CCCC(C)C1)C(CCCC)NC. The zero-order valence-electron chi connectivity index (χ0n) is 15.2. The van der Waals surface area contributed by atoms with E-state index in [1.807, 2.05) is 0 Å². The number of piperidine rings is 1. The monoisotopic (exact) mass is 296 g/mol. The molecule has 0 aliphatic carbocycles. The maximum Gasteiger partial charge on any atom is 0.0104 e. The van der Waals surface area contributed by atoms with Gasteiger partial charge < -0.3 is 10.2 Å². The molecule has 3 atom stereocenters. The van der Waals surface area contributed by atoms with Gasteiger partial charge in [0, 0.05) is 19.1 Å². The summed E-state index contributed by atoms with van der Waals surface area (Å²) < 4.78 is 0. The molecule has 1 rings (SSSR count). The van der Waals surface area contributed by atoms with Crippen LogP contribution >= 0.6 is 0 Å². The van der Waals surface area contributed by atoms with Crippen LogP contribution in [0, 0.1) is 11.8 Å². The molecule has 1 aliphatic rings. The summed E-state index contributed by atoms with van der Waals surface area (Å²) >= 11 is 0. The molecule has 1 saturated heterocycles. The van der Waals surface area contributed by atoms with E-state index in [1.54, 1.807) is 0 Å². The van der Waals surface area contributed by atoms with Gasteiger partial charge in [-0.2, -0.15) is 0 Å². The number of nitrogens with one attached hydrogen (secondary N) is 1.